The molecule has 0 N–H and O–H groups in total. The second-order valence-corrected chi connectivity index (χ2v) is 8.24. The van der Waals surface area contributed by atoms with Crippen molar-refractivity contribution in [3.05, 3.63) is 59.8 Å². The fraction of sp³-hybridized carbons (Fsp3) is 0.520. The van der Waals surface area contributed by atoms with Crippen LogP contribution >= 0.6 is 0 Å². The van der Waals surface area contributed by atoms with Crippen molar-refractivity contribution in [2.45, 2.75) is 78.4 Å². The molecule has 0 unspecified atom stereocenters. The van der Waals surface area contributed by atoms with Gasteiger partial charge in [0.05, 0.1) is 19.4 Å². The van der Waals surface area contributed by atoms with Crippen molar-refractivity contribution < 1.29 is 18.4 Å². The van der Waals surface area contributed by atoms with Crippen LogP contribution < -0.4 is 0 Å². The maximum absolute atomic E-state index is 13.3. The van der Waals surface area contributed by atoms with E-state index in [1.54, 1.807) is 34.3 Å². The Morgan fingerprint density at radius 1 is 0.968 bits per heavy atom. The predicted octanol–water partition coefficient (Wildman–Crippen LogP) is 5.55. The van der Waals surface area contributed by atoms with Gasteiger partial charge in [-0.2, -0.15) is 0 Å². The summed E-state index contributed by atoms with van der Waals surface area (Å²) in [5, 5.41) is 0. The average molecular weight is 431 g/mol. The molecule has 170 valence electrons. The Labute approximate surface area is 185 Å². The third-order valence-corrected chi connectivity index (χ3v) is 5.31. The molecule has 0 fully saturated rings. The van der Waals surface area contributed by atoms with Crippen LogP contribution in [0.4, 0.5) is 4.39 Å². The Morgan fingerprint density at radius 3 is 2.29 bits per heavy atom. The lowest BCUT2D eigenvalue weighted by Crippen LogP contribution is -2.45. The molecule has 1 heterocycles. The molecule has 0 aliphatic heterocycles. The summed E-state index contributed by atoms with van der Waals surface area (Å²) in [6, 6.07) is 9.62. The molecule has 0 aliphatic carbocycles. The molecular weight excluding hydrogens is 395 g/mol. The lowest BCUT2D eigenvalue weighted by atomic mass is 10.1. The molecule has 5 nitrogen and oxygen atoms in total. The van der Waals surface area contributed by atoms with E-state index in [0.29, 0.717) is 25.3 Å². The van der Waals surface area contributed by atoms with Crippen molar-refractivity contribution in [2.75, 3.05) is 6.54 Å². The number of rotatable bonds is 13. The van der Waals surface area contributed by atoms with Crippen LogP contribution in [0.5, 0.6) is 0 Å². The quantitative estimate of drug-likeness (QED) is 0.392. The van der Waals surface area contributed by atoms with Crippen LogP contribution in [0.3, 0.4) is 0 Å². The van der Waals surface area contributed by atoms with Gasteiger partial charge in [0.1, 0.15) is 11.6 Å². The number of amides is 2. The molecule has 6 heteroatoms. The average Bonchev–Trinajstić information content (AvgIpc) is 3.25. The summed E-state index contributed by atoms with van der Waals surface area (Å²) in [6.45, 7) is 6.65. The fourth-order valence-corrected chi connectivity index (χ4v) is 3.46. The van der Waals surface area contributed by atoms with Gasteiger partial charge in [0, 0.05) is 19.0 Å². The van der Waals surface area contributed by atoms with Gasteiger partial charge in [0.25, 0.3) is 0 Å². The number of hydrogen-bond donors (Lipinski definition) is 0. The highest BCUT2D eigenvalue weighted by Crippen LogP contribution is 2.14. The van der Waals surface area contributed by atoms with Crippen LogP contribution in [0.25, 0.3) is 0 Å². The summed E-state index contributed by atoms with van der Waals surface area (Å²) >= 11 is 0. The molecule has 0 spiro atoms. The maximum atomic E-state index is 13.3. The van der Waals surface area contributed by atoms with E-state index in [4.69, 9.17) is 4.42 Å². The number of hydrogen-bond acceptors (Lipinski definition) is 3. The molecule has 0 radical (unpaired) electrons. The third kappa shape index (κ3) is 8.56. The molecule has 2 amide bonds. The number of carbonyl (C=O) groups is 2. The number of benzene rings is 1. The minimum atomic E-state index is -0.317. The van der Waals surface area contributed by atoms with Crippen molar-refractivity contribution >= 4 is 11.8 Å². The van der Waals surface area contributed by atoms with E-state index < -0.39 is 0 Å². The first-order valence-corrected chi connectivity index (χ1v) is 11.2. The topological polar surface area (TPSA) is 53.8 Å². The van der Waals surface area contributed by atoms with E-state index in [2.05, 4.69) is 6.92 Å². The third-order valence-electron chi connectivity index (χ3n) is 5.31. The Kier molecular flexibility index (Phi) is 10.3. The maximum Gasteiger partial charge on any atom is 0.242 e. The number of halogens is 1. The standard InChI is InChI=1S/C25H35FN2O3/c1-4-5-6-7-8-11-24(29)28(20(2)3)19-25(30)27(18-23-10-9-16-31-23)17-21-12-14-22(26)15-13-21/h9-10,12-16,20H,4-8,11,17-19H2,1-3H3. The second-order valence-electron chi connectivity index (χ2n) is 8.24. The summed E-state index contributed by atoms with van der Waals surface area (Å²) in [6.07, 6.45) is 7.41. The van der Waals surface area contributed by atoms with Crippen LogP contribution in [0, 0.1) is 5.82 Å². The first kappa shape index (κ1) is 24.6. The lowest BCUT2D eigenvalue weighted by Gasteiger charge is -2.30. The van der Waals surface area contributed by atoms with Gasteiger partial charge in [-0.05, 0) is 50.1 Å². The summed E-state index contributed by atoms with van der Waals surface area (Å²) in [5.41, 5.74) is 0.819. The van der Waals surface area contributed by atoms with Crippen LogP contribution in [-0.4, -0.2) is 34.2 Å². The molecule has 2 aromatic rings. The van der Waals surface area contributed by atoms with Crippen molar-refractivity contribution in [1.82, 2.24) is 9.80 Å². The first-order valence-electron chi connectivity index (χ1n) is 11.2. The number of nitrogens with zero attached hydrogens (tertiary/aromatic N) is 2. The van der Waals surface area contributed by atoms with Crippen LogP contribution in [0.2, 0.25) is 0 Å². The number of unbranched alkanes of at least 4 members (excludes halogenated alkanes) is 4. The highest BCUT2D eigenvalue weighted by Gasteiger charge is 2.24. The fourth-order valence-electron chi connectivity index (χ4n) is 3.46. The largest absolute Gasteiger partial charge is 0.467 e. The van der Waals surface area contributed by atoms with Gasteiger partial charge in [0.2, 0.25) is 11.8 Å². The van der Waals surface area contributed by atoms with Gasteiger partial charge >= 0.3 is 0 Å². The molecular formula is C25H35FN2O3. The van der Waals surface area contributed by atoms with Crippen LogP contribution in [0.15, 0.2) is 47.1 Å². The van der Waals surface area contributed by atoms with Crippen LogP contribution in [-0.2, 0) is 22.7 Å². The SMILES string of the molecule is CCCCCCCC(=O)N(CC(=O)N(Cc1ccc(F)cc1)Cc1ccco1)C(C)C. The normalized spacial score (nSPS) is 11.0. The lowest BCUT2D eigenvalue weighted by molar-refractivity contribution is -0.143. The number of furan rings is 1. The van der Waals surface area contributed by atoms with Gasteiger partial charge in [-0.1, -0.05) is 44.7 Å². The summed E-state index contributed by atoms with van der Waals surface area (Å²) in [7, 11) is 0. The monoisotopic (exact) mass is 430 g/mol. The minimum absolute atomic E-state index is 0.0135. The number of carbonyl (C=O) groups excluding carboxylic acids is 2. The van der Waals surface area contributed by atoms with Gasteiger partial charge in [0.15, 0.2) is 0 Å². The summed E-state index contributed by atoms with van der Waals surface area (Å²) in [5.74, 6) is 0.199. The van der Waals surface area contributed by atoms with E-state index in [-0.39, 0.29) is 30.2 Å². The zero-order valence-electron chi connectivity index (χ0n) is 19.0. The molecule has 0 aliphatic rings. The van der Waals surface area contributed by atoms with Crippen molar-refractivity contribution in [2.24, 2.45) is 0 Å². The van der Waals surface area contributed by atoms with E-state index in [1.165, 1.54) is 25.0 Å². The van der Waals surface area contributed by atoms with Gasteiger partial charge in [-0.15, -0.1) is 0 Å². The Morgan fingerprint density at radius 2 is 1.68 bits per heavy atom. The molecule has 31 heavy (non-hydrogen) atoms. The van der Waals surface area contributed by atoms with E-state index in [0.717, 1.165) is 24.8 Å². The smallest absolute Gasteiger partial charge is 0.242 e. The molecule has 0 saturated carbocycles. The molecule has 1 aromatic carbocycles. The van der Waals surface area contributed by atoms with Gasteiger partial charge in [-0.25, -0.2) is 4.39 Å². The van der Waals surface area contributed by atoms with Crippen LogP contribution in [0.1, 0.15) is 70.6 Å². The molecule has 2 rings (SSSR count). The second kappa shape index (κ2) is 12.9. The summed E-state index contributed by atoms with van der Waals surface area (Å²) in [4.78, 5) is 29.3. The Hall–Kier alpha value is -2.63. The zero-order valence-corrected chi connectivity index (χ0v) is 19.0. The van der Waals surface area contributed by atoms with E-state index >= 15 is 0 Å². The molecule has 0 bridgehead atoms. The highest BCUT2D eigenvalue weighted by molar-refractivity contribution is 5.85. The van der Waals surface area contributed by atoms with Crippen molar-refractivity contribution in [1.29, 1.82) is 0 Å². The summed E-state index contributed by atoms with van der Waals surface area (Å²) < 4.78 is 18.7. The Bertz CT molecular complexity index is 788. The van der Waals surface area contributed by atoms with E-state index in [1.807, 2.05) is 19.9 Å². The molecule has 0 atom stereocenters. The highest BCUT2D eigenvalue weighted by atomic mass is 19.1. The minimum Gasteiger partial charge on any atom is -0.467 e. The zero-order chi connectivity index (χ0) is 22.6. The van der Waals surface area contributed by atoms with Crippen molar-refractivity contribution in [3.8, 4) is 0 Å². The Balaban J connectivity index is 2.04. The van der Waals surface area contributed by atoms with Gasteiger partial charge < -0.3 is 14.2 Å². The predicted molar refractivity (Wildman–Crippen MR) is 120 cm³/mol. The van der Waals surface area contributed by atoms with E-state index in [9.17, 15) is 14.0 Å². The first-order chi connectivity index (χ1) is 14.9. The van der Waals surface area contributed by atoms with Crippen molar-refractivity contribution in [3.63, 3.8) is 0 Å². The molecule has 1 aromatic heterocycles. The van der Waals surface area contributed by atoms with Gasteiger partial charge in [-0.3, -0.25) is 9.59 Å². The molecule has 0 saturated heterocycles.